The smallest absolute Gasteiger partial charge is 0.137 e. The fourth-order valence-corrected chi connectivity index (χ4v) is 2.77. The predicted octanol–water partition coefficient (Wildman–Crippen LogP) is 2.89. The van der Waals surface area contributed by atoms with Crippen LogP contribution >= 0.6 is 11.6 Å². The van der Waals surface area contributed by atoms with E-state index >= 15 is 0 Å². The van der Waals surface area contributed by atoms with Crippen molar-refractivity contribution in [2.45, 2.75) is 46.5 Å². The molecule has 114 valence electrons. The van der Waals surface area contributed by atoms with Crippen LogP contribution < -0.4 is 5.73 Å². The number of aryl methyl sites for hydroxylation is 2. The topological polar surface area (TPSA) is 60.9 Å². The lowest BCUT2D eigenvalue weighted by molar-refractivity contribution is -0.118. The molecule has 1 atom stereocenters. The van der Waals surface area contributed by atoms with Gasteiger partial charge in [-0.2, -0.15) is 5.10 Å². The van der Waals surface area contributed by atoms with Gasteiger partial charge in [0.2, 0.25) is 0 Å². The van der Waals surface area contributed by atoms with Crippen LogP contribution in [0.25, 0.3) is 0 Å². The molecule has 0 amide bonds. The van der Waals surface area contributed by atoms with E-state index in [1.165, 1.54) is 0 Å². The van der Waals surface area contributed by atoms with E-state index in [0.717, 1.165) is 24.1 Å². The Balaban J connectivity index is 2.55. The van der Waals surface area contributed by atoms with Gasteiger partial charge in [-0.05, 0) is 38.1 Å². The highest BCUT2D eigenvalue weighted by Gasteiger charge is 2.18. The number of carbonyl (C=O) groups excluding carboxylic acids is 1. The van der Waals surface area contributed by atoms with Crippen molar-refractivity contribution in [1.29, 1.82) is 0 Å². The second kappa shape index (κ2) is 7.79. The van der Waals surface area contributed by atoms with E-state index in [-0.39, 0.29) is 5.78 Å². The number of Topliss-reactive ketones (excluding diaryl/α,β-unsaturated/α-hetero) is 1. The van der Waals surface area contributed by atoms with Crippen molar-refractivity contribution >= 4 is 17.4 Å². The van der Waals surface area contributed by atoms with Gasteiger partial charge in [-0.3, -0.25) is 9.48 Å². The Kier molecular flexibility index (Phi) is 6.69. The molecule has 4 nitrogen and oxygen atoms in total. The van der Waals surface area contributed by atoms with E-state index in [0.29, 0.717) is 36.4 Å². The highest BCUT2D eigenvalue weighted by molar-refractivity contribution is 6.30. The molecule has 1 aromatic heterocycles. The van der Waals surface area contributed by atoms with Gasteiger partial charge in [0.25, 0.3) is 0 Å². The van der Waals surface area contributed by atoms with Crippen LogP contribution in [0.4, 0.5) is 0 Å². The SMILES string of the molecule is Cc1nn(C)c(Cl)c1CC(=O)CCC(CCN)C(C)C. The van der Waals surface area contributed by atoms with Gasteiger partial charge in [0.15, 0.2) is 0 Å². The summed E-state index contributed by atoms with van der Waals surface area (Å²) in [5.74, 6) is 1.31. The van der Waals surface area contributed by atoms with Gasteiger partial charge in [0.1, 0.15) is 10.9 Å². The molecular weight excluding hydrogens is 274 g/mol. The van der Waals surface area contributed by atoms with Crippen LogP contribution in [-0.2, 0) is 18.3 Å². The van der Waals surface area contributed by atoms with Crippen molar-refractivity contribution in [3.63, 3.8) is 0 Å². The van der Waals surface area contributed by atoms with Crippen LogP contribution in [0.3, 0.4) is 0 Å². The summed E-state index contributed by atoms with van der Waals surface area (Å²) >= 11 is 6.15. The zero-order chi connectivity index (χ0) is 15.3. The maximum Gasteiger partial charge on any atom is 0.137 e. The maximum atomic E-state index is 12.1. The molecule has 0 saturated carbocycles. The molecular formula is C15H26ClN3O. The van der Waals surface area contributed by atoms with Crippen molar-refractivity contribution in [3.05, 3.63) is 16.4 Å². The maximum absolute atomic E-state index is 12.1. The molecule has 0 fully saturated rings. The Labute approximate surface area is 126 Å². The normalized spacial score (nSPS) is 12.9. The van der Waals surface area contributed by atoms with Crippen LogP contribution in [0, 0.1) is 18.8 Å². The number of nitrogens with two attached hydrogens (primary N) is 1. The van der Waals surface area contributed by atoms with E-state index < -0.39 is 0 Å². The fourth-order valence-electron chi connectivity index (χ4n) is 2.53. The largest absolute Gasteiger partial charge is 0.330 e. The second-order valence-electron chi connectivity index (χ2n) is 5.81. The Morgan fingerprint density at radius 3 is 2.50 bits per heavy atom. The first-order chi connectivity index (χ1) is 9.36. The van der Waals surface area contributed by atoms with Crippen molar-refractivity contribution < 1.29 is 4.79 Å². The minimum atomic E-state index is 0.227. The standard InChI is InChI=1S/C15H26ClN3O/c1-10(2)12(7-8-17)5-6-13(20)9-14-11(3)18-19(4)15(14)16/h10,12H,5-9,17H2,1-4H3. The summed E-state index contributed by atoms with van der Waals surface area (Å²) in [6.07, 6.45) is 2.86. The Hall–Kier alpha value is -0.870. The summed E-state index contributed by atoms with van der Waals surface area (Å²) in [7, 11) is 1.79. The lowest BCUT2D eigenvalue weighted by atomic mass is 9.87. The molecule has 0 aliphatic heterocycles. The Morgan fingerprint density at radius 2 is 2.05 bits per heavy atom. The minimum absolute atomic E-state index is 0.227. The highest BCUT2D eigenvalue weighted by atomic mass is 35.5. The fraction of sp³-hybridized carbons (Fsp3) is 0.733. The number of aromatic nitrogens is 2. The molecule has 0 saturated heterocycles. The van der Waals surface area contributed by atoms with Gasteiger partial charge in [-0.25, -0.2) is 0 Å². The van der Waals surface area contributed by atoms with Gasteiger partial charge in [0.05, 0.1) is 5.69 Å². The number of rotatable bonds is 8. The van der Waals surface area contributed by atoms with Crippen molar-refractivity contribution in [3.8, 4) is 0 Å². The van der Waals surface area contributed by atoms with Crippen LogP contribution in [0.5, 0.6) is 0 Å². The lowest BCUT2D eigenvalue weighted by Crippen LogP contribution is -2.16. The zero-order valence-electron chi connectivity index (χ0n) is 12.9. The minimum Gasteiger partial charge on any atom is -0.330 e. The first kappa shape index (κ1) is 17.2. The van der Waals surface area contributed by atoms with Gasteiger partial charge < -0.3 is 5.73 Å². The van der Waals surface area contributed by atoms with E-state index in [9.17, 15) is 4.79 Å². The highest BCUT2D eigenvalue weighted by Crippen LogP contribution is 2.23. The summed E-state index contributed by atoms with van der Waals surface area (Å²) in [6.45, 7) is 6.95. The molecule has 20 heavy (non-hydrogen) atoms. The van der Waals surface area contributed by atoms with Crippen LogP contribution in [0.2, 0.25) is 5.15 Å². The van der Waals surface area contributed by atoms with Crippen molar-refractivity contribution in [2.75, 3.05) is 6.54 Å². The van der Waals surface area contributed by atoms with Gasteiger partial charge in [0, 0.05) is 25.5 Å². The van der Waals surface area contributed by atoms with E-state index in [2.05, 4.69) is 18.9 Å². The summed E-state index contributed by atoms with van der Waals surface area (Å²) < 4.78 is 1.62. The average Bonchev–Trinajstić information content (AvgIpc) is 2.61. The van der Waals surface area contributed by atoms with E-state index in [1.807, 2.05) is 6.92 Å². The molecule has 0 radical (unpaired) electrons. The molecule has 0 spiro atoms. The Morgan fingerprint density at radius 1 is 1.40 bits per heavy atom. The number of halogens is 1. The second-order valence-corrected chi connectivity index (χ2v) is 6.17. The molecule has 2 N–H and O–H groups in total. The number of hydrogen-bond acceptors (Lipinski definition) is 3. The number of ketones is 1. The third-order valence-corrected chi connectivity index (χ3v) is 4.39. The third kappa shape index (κ3) is 4.60. The van der Waals surface area contributed by atoms with Gasteiger partial charge in [-0.1, -0.05) is 25.4 Å². The molecule has 1 unspecified atom stereocenters. The van der Waals surface area contributed by atoms with Crippen LogP contribution in [-0.4, -0.2) is 22.1 Å². The van der Waals surface area contributed by atoms with Crippen LogP contribution in [0.1, 0.15) is 44.4 Å². The van der Waals surface area contributed by atoms with E-state index in [4.69, 9.17) is 17.3 Å². The summed E-state index contributed by atoms with van der Waals surface area (Å²) in [5, 5.41) is 4.80. The van der Waals surface area contributed by atoms with Crippen molar-refractivity contribution in [2.24, 2.45) is 24.6 Å². The van der Waals surface area contributed by atoms with Crippen LogP contribution in [0.15, 0.2) is 0 Å². The third-order valence-electron chi connectivity index (χ3n) is 3.92. The number of nitrogens with zero attached hydrogens (tertiary/aromatic N) is 2. The molecule has 0 aromatic carbocycles. The molecule has 0 aliphatic rings. The quantitative estimate of drug-likeness (QED) is 0.803. The Bertz CT molecular complexity index is 454. The summed E-state index contributed by atoms with van der Waals surface area (Å²) in [5.41, 5.74) is 7.33. The van der Waals surface area contributed by atoms with Gasteiger partial charge in [-0.15, -0.1) is 0 Å². The molecule has 1 heterocycles. The first-order valence-electron chi connectivity index (χ1n) is 7.26. The summed E-state index contributed by atoms with van der Waals surface area (Å²) in [6, 6.07) is 0. The molecule has 0 aliphatic carbocycles. The first-order valence-corrected chi connectivity index (χ1v) is 7.64. The molecule has 0 bridgehead atoms. The number of hydrogen-bond donors (Lipinski definition) is 1. The zero-order valence-corrected chi connectivity index (χ0v) is 13.7. The lowest BCUT2D eigenvalue weighted by Gasteiger charge is -2.19. The van der Waals surface area contributed by atoms with Gasteiger partial charge >= 0.3 is 0 Å². The summed E-state index contributed by atoms with van der Waals surface area (Å²) in [4.78, 5) is 12.1. The molecule has 5 heteroatoms. The molecule has 1 rings (SSSR count). The van der Waals surface area contributed by atoms with E-state index in [1.54, 1.807) is 11.7 Å². The average molecular weight is 300 g/mol. The monoisotopic (exact) mass is 299 g/mol. The molecule has 1 aromatic rings. The number of carbonyl (C=O) groups is 1. The van der Waals surface area contributed by atoms with Crippen molar-refractivity contribution in [1.82, 2.24) is 9.78 Å². The predicted molar refractivity (Wildman–Crippen MR) is 82.9 cm³/mol.